The van der Waals surface area contributed by atoms with Gasteiger partial charge in [-0.25, -0.2) is 0 Å². The summed E-state index contributed by atoms with van der Waals surface area (Å²) < 4.78 is 10.5. The molecule has 0 aromatic heterocycles. The van der Waals surface area contributed by atoms with E-state index in [9.17, 15) is 14.4 Å². The number of fused-ring (bicyclic) bond motifs is 2. The largest absolute Gasteiger partial charge is 0.454 e. The molecule has 8 nitrogen and oxygen atoms in total. The van der Waals surface area contributed by atoms with Crippen LogP contribution in [0.15, 0.2) is 36.4 Å². The molecule has 2 N–H and O–H groups in total. The Kier molecular flexibility index (Phi) is 4.54. The molecule has 0 unspecified atom stereocenters. The summed E-state index contributed by atoms with van der Waals surface area (Å²) in [7, 11) is 0. The Balaban J connectivity index is 1.20. The maximum absolute atomic E-state index is 12.5. The van der Waals surface area contributed by atoms with E-state index in [1.165, 1.54) is 11.1 Å². The highest BCUT2D eigenvalue weighted by Crippen LogP contribution is 2.33. The lowest BCUT2D eigenvalue weighted by molar-refractivity contribution is -0.126. The first kappa shape index (κ1) is 18.5. The van der Waals surface area contributed by atoms with Crippen LogP contribution in [-0.2, 0) is 22.4 Å². The Morgan fingerprint density at radius 1 is 0.967 bits per heavy atom. The molecule has 1 fully saturated rings. The number of hydrazine groups is 1. The van der Waals surface area contributed by atoms with Crippen LogP contribution in [0, 0.1) is 5.92 Å². The molecule has 3 amide bonds. The number of ether oxygens (including phenoxy) is 2. The monoisotopic (exact) mass is 407 g/mol. The lowest BCUT2D eigenvalue weighted by Crippen LogP contribution is -2.45. The Morgan fingerprint density at radius 2 is 1.80 bits per heavy atom. The van der Waals surface area contributed by atoms with Crippen molar-refractivity contribution in [3.05, 3.63) is 53.1 Å². The fourth-order valence-corrected chi connectivity index (χ4v) is 4.19. The quantitative estimate of drug-likeness (QED) is 0.756. The molecular weight excluding hydrogens is 386 g/mol. The van der Waals surface area contributed by atoms with E-state index in [2.05, 4.69) is 23.0 Å². The van der Waals surface area contributed by atoms with Crippen LogP contribution < -0.4 is 25.2 Å². The number of rotatable bonds is 3. The zero-order valence-electron chi connectivity index (χ0n) is 16.3. The Bertz CT molecular complexity index is 1050. The Hall–Kier alpha value is -3.55. The number of nitrogens with one attached hydrogen (secondary N) is 2. The molecule has 2 aromatic carbocycles. The molecule has 0 radical (unpaired) electrons. The molecule has 0 saturated carbocycles. The van der Waals surface area contributed by atoms with Crippen LogP contribution in [0.5, 0.6) is 11.5 Å². The number of aryl methyl sites for hydroxylation is 2. The third kappa shape index (κ3) is 3.34. The zero-order chi connectivity index (χ0) is 20.7. The van der Waals surface area contributed by atoms with Gasteiger partial charge in [0.25, 0.3) is 5.91 Å². The molecule has 154 valence electrons. The average molecular weight is 407 g/mol. The normalized spacial score (nSPS) is 19.0. The third-order valence-electron chi connectivity index (χ3n) is 5.82. The maximum atomic E-state index is 12.5. The molecule has 2 aromatic rings. The summed E-state index contributed by atoms with van der Waals surface area (Å²) in [4.78, 5) is 39.0. The fraction of sp³-hybridized carbons (Fsp3) is 0.318. The van der Waals surface area contributed by atoms with Crippen LogP contribution in [0.3, 0.4) is 0 Å². The second kappa shape index (κ2) is 7.37. The van der Waals surface area contributed by atoms with Gasteiger partial charge in [0, 0.05) is 24.2 Å². The molecule has 1 saturated heterocycles. The van der Waals surface area contributed by atoms with Crippen molar-refractivity contribution >= 4 is 23.4 Å². The summed E-state index contributed by atoms with van der Waals surface area (Å²) >= 11 is 0. The zero-order valence-corrected chi connectivity index (χ0v) is 16.3. The van der Waals surface area contributed by atoms with Gasteiger partial charge in [-0.05, 0) is 60.7 Å². The highest BCUT2D eigenvalue weighted by Gasteiger charge is 2.35. The number of carbonyl (C=O) groups excluding carboxylic acids is 3. The molecular formula is C22H21N3O5. The summed E-state index contributed by atoms with van der Waals surface area (Å²) in [5.41, 5.74) is 8.63. The lowest BCUT2D eigenvalue weighted by Gasteiger charge is -2.18. The van der Waals surface area contributed by atoms with Gasteiger partial charge in [0.15, 0.2) is 11.5 Å². The van der Waals surface area contributed by atoms with E-state index in [0.717, 1.165) is 24.9 Å². The van der Waals surface area contributed by atoms with Crippen molar-refractivity contribution < 1.29 is 23.9 Å². The number of amides is 3. The minimum absolute atomic E-state index is 0.0878. The number of anilines is 1. The van der Waals surface area contributed by atoms with Crippen LogP contribution in [0.2, 0.25) is 0 Å². The molecule has 2 aliphatic heterocycles. The van der Waals surface area contributed by atoms with E-state index in [4.69, 9.17) is 9.47 Å². The number of hydrogen-bond acceptors (Lipinski definition) is 5. The van der Waals surface area contributed by atoms with Gasteiger partial charge in [-0.15, -0.1) is 0 Å². The summed E-state index contributed by atoms with van der Waals surface area (Å²) in [6.45, 7) is 0.414. The van der Waals surface area contributed by atoms with Gasteiger partial charge in [0.05, 0.1) is 5.92 Å². The first-order valence-electron chi connectivity index (χ1n) is 10.0. The molecule has 1 atom stereocenters. The smallest absolute Gasteiger partial charge is 0.269 e. The minimum Gasteiger partial charge on any atom is -0.454 e. The van der Waals surface area contributed by atoms with Crippen molar-refractivity contribution in [2.75, 3.05) is 18.2 Å². The van der Waals surface area contributed by atoms with Crippen LogP contribution in [0.1, 0.15) is 34.3 Å². The molecule has 5 rings (SSSR count). The van der Waals surface area contributed by atoms with Gasteiger partial charge in [-0.2, -0.15) is 0 Å². The first-order valence-corrected chi connectivity index (χ1v) is 10.0. The van der Waals surface area contributed by atoms with Gasteiger partial charge in [-0.3, -0.25) is 25.2 Å². The SMILES string of the molecule is O=C(NNC(=O)[C@@H]1CC(=O)N(c2ccc3c(c2)CCC3)C1)c1ccc2c(c1)OCO2. The van der Waals surface area contributed by atoms with Crippen molar-refractivity contribution in [2.45, 2.75) is 25.7 Å². The van der Waals surface area contributed by atoms with Crippen molar-refractivity contribution in [2.24, 2.45) is 5.92 Å². The molecule has 8 heteroatoms. The van der Waals surface area contributed by atoms with E-state index >= 15 is 0 Å². The van der Waals surface area contributed by atoms with Gasteiger partial charge in [0.1, 0.15) is 0 Å². The molecule has 3 aliphatic rings. The molecule has 1 aliphatic carbocycles. The first-order chi connectivity index (χ1) is 14.6. The number of carbonyl (C=O) groups is 3. The van der Waals surface area contributed by atoms with Crippen molar-refractivity contribution in [3.63, 3.8) is 0 Å². The standard InChI is InChI=1S/C22H21N3O5/c26-20-10-16(11-25(20)17-6-4-13-2-1-3-14(13)8-17)22(28)24-23-21(27)15-5-7-18-19(9-15)30-12-29-18/h4-9,16H,1-3,10-12H2,(H,23,27)(H,24,28)/t16-/m1/s1. The lowest BCUT2D eigenvalue weighted by atomic mass is 10.1. The summed E-state index contributed by atoms with van der Waals surface area (Å²) in [5.74, 6) is -0.410. The Labute approximate surface area is 173 Å². The van der Waals surface area contributed by atoms with E-state index in [0.29, 0.717) is 23.6 Å². The second-order valence-corrected chi connectivity index (χ2v) is 7.72. The third-order valence-corrected chi connectivity index (χ3v) is 5.82. The predicted octanol–water partition coefficient (Wildman–Crippen LogP) is 1.72. The summed E-state index contributed by atoms with van der Waals surface area (Å²) in [6, 6.07) is 10.9. The van der Waals surface area contributed by atoms with Crippen LogP contribution >= 0.6 is 0 Å². The molecule has 0 spiro atoms. The number of hydrogen-bond donors (Lipinski definition) is 2. The van der Waals surface area contributed by atoms with Gasteiger partial charge in [0.2, 0.25) is 18.6 Å². The predicted molar refractivity (Wildman–Crippen MR) is 107 cm³/mol. The van der Waals surface area contributed by atoms with E-state index < -0.39 is 11.8 Å². The fourth-order valence-electron chi connectivity index (χ4n) is 4.19. The highest BCUT2D eigenvalue weighted by molar-refractivity contribution is 6.01. The minimum atomic E-state index is -0.525. The van der Waals surface area contributed by atoms with Crippen LogP contribution in [0.4, 0.5) is 5.69 Å². The summed E-state index contributed by atoms with van der Waals surface area (Å²) in [6.07, 6.45) is 3.36. The highest BCUT2D eigenvalue weighted by atomic mass is 16.7. The average Bonchev–Trinajstić information content (AvgIpc) is 3.49. The number of benzene rings is 2. The molecule has 30 heavy (non-hydrogen) atoms. The Morgan fingerprint density at radius 3 is 2.70 bits per heavy atom. The van der Waals surface area contributed by atoms with Crippen molar-refractivity contribution in [3.8, 4) is 11.5 Å². The maximum Gasteiger partial charge on any atom is 0.269 e. The van der Waals surface area contributed by atoms with Gasteiger partial charge >= 0.3 is 0 Å². The summed E-state index contributed by atoms with van der Waals surface area (Å²) in [5, 5.41) is 0. The molecule has 0 bridgehead atoms. The molecule has 2 heterocycles. The van der Waals surface area contributed by atoms with Crippen LogP contribution in [-0.4, -0.2) is 31.1 Å². The van der Waals surface area contributed by atoms with E-state index in [1.54, 1.807) is 23.1 Å². The van der Waals surface area contributed by atoms with Crippen LogP contribution in [0.25, 0.3) is 0 Å². The number of nitrogens with zero attached hydrogens (tertiary/aromatic N) is 1. The van der Waals surface area contributed by atoms with Gasteiger partial charge in [-0.1, -0.05) is 6.07 Å². The second-order valence-electron chi connectivity index (χ2n) is 7.72. The van der Waals surface area contributed by atoms with Gasteiger partial charge < -0.3 is 14.4 Å². The van der Waals surface area contributed by atoms with E-state index in [1.807, 2.05) is 6.07 Å². The van der Waals surface area contributed by atoms with Crippen molar-refractivity contribution in [1.82, 2.24) is 10.9 Å². The van der Waals surface area contributed by atoms with Crippen molar-refractivity contribution in [1.29, 1.82) is 0 Å². The topological polar surface area (TPSA) is 97.0 Å². The van der Waals surface area contributed by atoms with E-state index in [-0.39, 0.29) is 25.0 Å².